The van der Waals surface area contributed by atoms with Crippen LogP contribution in [0.3, 0.4) is 0 Å². The molecular weight excluding hydrogens is 282 g/mol. The number of thioether (sulfide) groups is 1. The third-order valence-electron chi connectivity index (χ3n) is 2.33. The highest BCUT2D eigenvalue weighted by Crippen LogP contribution is 2.33. The molecule has 2 aromatic rings. The number of hydrogen-bond acceptors (Lipinski definition) is 6. The molecule has 0 amide bonds. The Labute approximate surface area is 120 Å². The number of nitrogens with one attached hydrogen (secondary N) is 1. The number of aryl methyl sites for hydroxylation is 1. The highest BCUT2D eigenvalue weighted by molar-refractivity contribution is 7.99. The monoisotopic (exact) mass is 299 g/mol. The summed E-state index contributed by atoms with van der Waals surface area (Å²) in [5.41, 5.74) is 2.13. The summed E-state index contributed by atoms with van der Waals surface area (Å²) in [5.74, 6) is 0.992. The SMILES string of the molecule is CNc1nc(-c2sc(CSC(C)C)nc2C)cs1. The second kappa shape index (κ2) is 6.04. The molecule has 0 saturated heterocycles. The number of thiazole rings is 2. The molecule has 6 heteroatoms. The predicted molar refractivity (Wildman–Crippen MR) is 83.9 cm³/mol. The summed E-state index contributed by atoms with van der Waals surface area (Å²) in [7, 11) is 1.90. The summed E-state index contributed by atoms with van der Waals surface area (Å²) < 4.78 is 0. The van der Waals surface area contributed by atoms with E-state index in [1.807, 2.05) is 18.8 Å². The highest BCUT2D eigenvalue weighted by atomic mass is 32.2. The zero-order valence-electron chi connectivity index (χ0n) is 11.0. The molecule has 2 rings (SSSR count). The van der Waals surface area contributed by atoms with Gasteiger partial charge in [-0.15, -0.1) is 22.7 Å². The van der Waals surface area contributed by atoms with Gasteiger partial charge in [0, 0.05) is 18.2 Å². The smallest absolute Gasteiger partial charge is 0.182 e. The van der Waals surface area contributed by atoms with E-state index in [4.69, 9.17) is 0 Å². The molecular formula is C12H17N3S3. The van der Waals surface area contributed by atoms with E-state index in [9.17, 15) is 0 Å². The molecule has 0 saturated carbocycles. The number of anilines is 1. The Morgan fingerprint density at radius 2 is 2.17 bits per heavy atom. The van der Waals surface area contributed by atoms with Gasteiger partial charge in [0.25, 0.3) is 0 Å². The highest BCUT2D eigenvalue weighted by Gasteiger charge is 2.13. The third kappa shape index (κ3) is 3.24. The molecule has 1 N–H and O–H groups in total. The minimum atomic E-state index is 0.646. The van der Waals surface area contributed by atoms with Gasteiger partial charge in [0.1, 0.15) is 5.01 Å². The summed E-state index contributed by atoms with van der Waals surface area (Å²) in [6.45, 7) is 6.49. The van der Waals surface area contributed by atoms with Crippen LogP contribution in [0.1, 0.15) is 24.5 Å². The maximum atomic E-state index is 4.64. The van der Waals surface area contributed by atoms with Gasteiger partial charge in [0.05, 0.1) is 16.3 Å². The largest absolute Gasteiger partial charge is 0.365 e. The molecule has 0 spiro atoms. The van der Waals surface area contributed by atoms with E-state index in [0.29, 0.717) is 5.25 Å². The van der Waals surface area contributed by atoms with E-state index in [-0.39, 0.29) is 0 Å². The first-order valence-corrected chi connectivity index (χ1v) is 8.56. The topological polar surface area (TPSA) is 37.8 Å². The standard InChI is InChI=1S/C12H17N3S3/c1-7(2)16-6-10-14-8(3)11(18-10)9-5-17-12(13-4)15-9/h5,7H,6H2,1-4H3,(H,13,15). The van der Waals surface area contributed by atoms with Crippen molar-refractivity contribution in [3.8, 4) is 10.6 Å². The van der Waals surface area contributed by atoms with Gasteiger partial charge in [-0.1, -0.05) is 13.8 Å². The van der Waals surface area contributed by atoms with E-state index >= 15 is 0 Å². The summed E-state index contributed by atoms with van der Waals surface area (Å²) in [6, 6.07) is 0. The molecule has 0 atom stereocenters. The first-order valence-electron chi connectivity index (χ1n) is 5.81. The number of aromatic nitrogens is 2. The van der Waals surface area contributed by atoms with Crippen LogP contribution in [0.15, 0.2) is 5.38 Å². The minimum absolute atomic E-state index is 0.646. The minimum Gasteiger partial charge on any atom is -0.365 e. The number of rotatable bonds is 5. The Kier molecular flexibility index (Phi) is 4.64. The average Bonchev–Trinajstić information content (AvgIpc) is 2.92. The van der Waals surface area contributed by atoms with E-state index in [1.165, 1.54) is 9.88 Å². The molecule has 0 aliphatic rings. The lowest BCUT2D eigenvalue weighted by Crippen LogP contribution is -1.88. The molecule has 98 valence electrons. The van der Waals surface area contributed by atoms with Crippen molar-refractivity contribution >= 4 is 39.6 Å². The molecule has 0 fully saturated rings. The van der Waals surface area contributed by atoms with Crippen molar-refractivity contribution in [2.45, 2.75) is 31.8 Å². The van der Waals surface area contributed by atoms with Crippen molar-refractivity contribution in [2.24, 2.45) is 0 Å². The maximum absolute atomic E-state index is 4.64. The maximum Gasteiger partial charge on any atom is 0.182 e. The molecule has 18 heavy (non-hydrogen) atoms. The molecule has 0 aromatic carbocycles. The van der Waals surface area contributed by atoms with Crippen LogP contribution in [-0.4, -0.2) is 22.3 Å². The van der Waals surface area contributed by atoms with Gasteiger partial charge in [-0.3, -0.25) is 0 Å². The summed E-state index contributed by atoms with van der Waals surface area (Å²) in [6.07, 6.45) is 0. The molecule has 0 radical (unpaired) electrons. The quantitative estimate of drug-likeness (QED) is 0.895. The lowest BCUT2D eigenvalue weighted by Gasteiger charge is -2.00. The Balaban J connectivity index is 2.18. The zero-order chi connectivity index (χ0) is 13.1. The van der Waals surface area contributed by atoms with Gasteiger partial charge >= 0.3 is 0 Å². The van der Waals surface area contributed by atoms with Crippen molar-refractivity contribution in [3.05, 3.63) is 16.1 Å². The normalized spacial score (nSPS) is 11.2. The summed E-state index contributed by atoms with van der Waals surface area (Å²) in [5, 5.41) is 7.96. The van der Waals surface area contributed by atoms with Gasteiger partial charge in [-0.25, -0.2) is 9.97 Å². The zero-order valence-corrected chi connectivity index (χ0v) is 13.4. The molecule has 2 aromatic heterocycles. The van der Waals surface area contributed by atoms with Crippen molar-refractivity contribution in [2.75, 3.05) is 12.4 Å². The van der Waals surface area contributed by atoms with Crippen LogP contribution in [0.25, 0.3) is 10.6 Å². The Morgan fingerprint density at radius 1 is 1.39 bits per heavy atom. The summed E-state index contributed by atoms with van der Waals surface area (Å²) in [4.78, 5) is 10.4. The van der Waals surface area contributed by atoms with Crippen LogP contribution in [0.4, 0.5) is 5.13 Å². The number of hydrogen-bond donors (Lipinski definition) is 1. The Morgan fingerprint density at radius 3 is 2.78 bits per heavy atom. The van der Waals surface area contributed by atoms with E-state index in [1.54, 1.807) is 22.7 Å². The van der Waals surface area contributed by atoms with Crippen LogP contribution in [-0.2, 0) is 5.75 Å². The molecule has 2 heterocycles. The van der Waals surface area contributed by atoms with Crippen LogP contribution in [0.5, 0.6) is 0 Å². The van der Waals surface area contributed by atoms with Crippen LogP contribution in [0.2, 0.25) is 0 Å². The van der Waals surface area contributed by atoms with Gasteiger partial charge < -0.3 is 5.32 Å². The first-order chi connectivity index (χ1) is 8.60. The van der Waals surface area contributed by atoms with E-state index < -0.39 is 0 Å². The van der Waals surface area contributed by atoms with Crippen LogP contribution in [0, 0.1) is 6.92 Å². The van der Waals surface area contributed by atoms with Gasteiger partial charge in [0.15, 0.2) is 5.13 Å². The second-order valence-corrected chi connectivity index (χ2v) is 7.68. The van der Waals surface area contributed by atoms with Crippen molar-refractivity contribution in [1.29, 1.82) is 0 Å². The van der Waals surface area contributed by atoms with Crippen LogP contribution >= 0.6 is 34.4 Å². The fourth-order valence-corrected chi connectivity index (χ4v) is 4.02. The van der Waals surface area contributed by atoms with Gasteiger partial charge in [-0.2, -0.15) is 11.8 Å². The second-order valence-electron chi connectivity index (χ2n) is 4.17. The fourth-order valence-electron chi connectivity index (χ4n) is 1.48. The summed E-state index contributed by atoms with van der Waals surface area (Å²) >= 11 is 5.32. The van der Waals surface area contributed by atoms with Gasteiger partial charge in [-0.05, 0) is 12.2 Å². The lowest BCUT2D eigenvalue weighted by atomic mass is 10.3. The fraction of sp³-hybridized carbons (Fsp3) is 0.500. The molecule has 3 nitrogen and oxygen atoms in total. The first kappa shape index (κ1) is 13.8. The van der Waals surface area contributed by atoms with Crippen LogP contribution < -0.4 is 5.32 Å². The molecule has 0 aliphatic heterocycles. The Hall–Kier alpha value is -0.590. The predicted octanol–water partition coefficient (Wildman–Crippen LogP) is 4.26. The van der Waals surface area contributed by atoms with Crippen molar-refractivity contribution < 1.29 is 0 Å². The van der Waals surface area contributed by atoms with Gasteiger partial charge in [0.2, 0.25) is 0 Å². The number of nitrogens with zero attached hydrogens (tertiary/aromatic N) is 2. The lowest BCUT2D eigenvalue weighted by molar-refractivity contribution is 1.10. The average molecular weight is 299 g/mol. The van der Waals surface area contributed by atoms with Crippen molar-refractivity contribution in [1.82, 2.24) is 9.97 Å². The van der Waals surface area contributed by atoms with E-state index in [0.717, 1.165) is 22.3 Å². The molecule has 0 aliphatic carbocycles. The van der Waals surface area contributed by atoms with E-state index in [2.05, 4.69) is 41.4 Å². The Bertz CT molecular complexity index is 516. The third-order valence-corrected chi connectivity index (χ3v) is 5.66. The molecule has 0 unspecified atom stereocenters. The molecule has 0 bridgehead atoms. The van der Waals surface area contributed by atoms with Crippen molar-refractivity contribution in [3.63, 3.8) is 0 Å².